The van der Waals surface area contributed by atoms with Crippen molar-refractivity contribution in [3.8, 4) is 0 Å². The van der Waals surface area contributed by atoms with Crippen LogP contribution in [0.1, 0.15) is 120 Å². The number of likely N-dealkylation sites (N-methyl/N-ethyl adjacent to an activating group) is 2. The summed E-state index contributed by atoms with van der Waals surface area (Å²) in [6, 6.07) is 31.7. The Labute approximate surface area is 456 Å². The minimum absolute atomic E-state index is 0.177. The number of nitrogens with zero attached hydrogens (tertiary/aromatic N) is 2. The zero-order valence-electron chi connectivity index (χ0n) is 46.9. The van der Waals surface area contributed by atoms with Gasteiger partial charge in [-0.2, -0.15) is 0 Å². The van der Waals surface area contributed by atoms with E-state index in [9.17, 15) is 29.7 Å². The number of amides is 1. The summed E-state index contributed by atoms with van der Waals surface area (Å²) < 4.78 is 31.1. The summed E-state index contributed by atoms with van der Waals surface area (Å²) in [6.07, 6.45) is -0.0532. The molecule has 14 atom stereocenters. The number of ether oxygens (including phenoxy) is 5. The number of esters is 2. The van der Waals surface area contributed by atoms with Crippen LogP contribution in [0.4, 0.5) is 4.79 Å². The van der Waals surface area contributed by atoms with Gasteiger partial charge in [0.05, 0.1) is 35.9 Å². The maximum absolute atomic E-state index is 14.1. The summed E-state index contributed by atoms with van der Waals surface area (Å²) in [5, 5.41) is 40.8. The number of halogens is 1. The Hall–Kier alpha value is -3.50. The van der Waals surface area contributed by atoms with E-state index in [1.807, 2.05) is 51.7 Å². The van der Waals surface area contributed by atoms with Crippen molar-refractivity contribution in [2.75, 3.05) is 40.4 Å². The maximum atomic E-state index is 14.1. The van der Waals surface area contributed by atoms with Crippen molar-refractivity contribution in [3.05, 3.63) is 91.0 Å². The number of carbonyl (C=O) groups excluding carboxylic acids is 3. The van der Waals surface area contributed by atoms with E-state index in [0.29, 0.717) is 19.5 Å². The number of benzene rings is 3. The maximum Gasteiger partial charge on any atom is 0.137 e. The van der Waals surface area contributed by atoms with Crippen LogP contribution in [0.15, 0.2) is 91.0 Å². The van der Waals surface area contributed by atoms with Crippen molar-refractivity contribution in [2.24, 2.45) is 17.8 Å². The van der Waals surface area contributed by atoms with Crippen molar-refractivity contribution >= 4 is 54.7 Å². The van der Waals surface area contributed by atoms with Gasteiger partial charge in [0.15, 0.2) is 12.4 Å². The third-order valence-electron chi connectivity index (χ3n) is 16.1. The molecule has 420 valence electrons. The number of carbonyl (C=O) groups is 3. The SMILES string of the molecule is CC[C@H]1OC(=O)[C@@H](C)[C@@H](O)[C@H](C)[C@@H](O[C@@H]2O[C@H](C)C[C@H](N(C)C)[C@H]2OC(C)=O)[C@](C)(O)C[C@@H](C)CN(C)[C@H](C)[C@@H](OC(=O)NCCCCCCCCP(Br)(c2ccccc2)(c2ccccc2)c2ccccc2)[C@]1(C)O. The van der Waals surface area contributed by atoms with Crippen LogP contribution in [0.3, 0.4) is 0 Å². The van der Waals surface area contributed by atoms with Crippen LogP contribution >= 0.6 is 20.8 Å². The van der Waals surface area contributed by atoms with Gasteiger partial charge in [0.1, 0.15) is 11.7 Å². The molecule has 0 radical (unpaired) electrons. The fourth-order valence-corrected chi connectivity index (χ4v) is 19.6. The van der Waals surface area contributed by atoms with Gasteiger partial charge in [-0.25, -0.2) is 0 Å². The second kappa shape index (κ2) is 27.4. The molecule has 3 aromatic rings. The number of aliphatic hydroxyl groups excluding tert-OH is 1. The van der Waals surface area contributed by atoms with E-state index in [1.165, 1.54) is 36.7 Å². The van der Waals surface area contributed by atoms with Crippen LogP contribution in [-0.2, 0) is 33.3 Å². The third kappa shape index (κ3) is 15.2. The monoisotopic (exact) mass is 1130 g/mol. The molecule has 2 saturated heterocycles. The first-order valence-electron chi connectivity index (χ1n) is 27.4. The Morgan fingerprint density at radius 2 is 1.35 bits per heavy atom. The molecule has 75 heavy (non-hydrogen) atoms. The molecule has 2 fully saturated rings. The Morgan fingerprint density at radius 3 is 1.85 bits per heavy atom. The number of cyclic esters (lactones) is 1. The summed E-state index contributed by atoms with van der Waals surface area (Å²) in [5.41, 5.74) is -3.48. The zero-order valence-corrected chi connectivity index (χ0v) is 49.4. The summed E-state index contributed by atoms with van der Waals surface area (Å²) in [4.78, 5) is 44.2. The van der Waals surface area contributed by atoms with Crippen LogP contribution in [0, 0.1) is 17.8 Å². The Kier molecular flexibility index (Phi) is 22.8. The van der Waals surface area contributed by atoms with Gasteiger partial charge >= 0.3 is 218 Å². The van der Waals surface area contributed by atoms with Crippen molar-refractivity contribution in [3.63, 3.8) is 0 Å². The summed E-state index contributed by atoms with van der Waals surface area (Å²) in [6.45, 7) is 16.0. The molecular formula is C59H91BrN3O11P. The molecule has 5 rings (SSSR count). The Bertz CT molecular complexity index is 2140. The van der Waals surface area contributed by atoms with Crippen molar-refractivity contribution in [1.29, 1.82) is 0 Å². The summed E-state index contributed by atoms with van der Waals surface area (Å²) in [5.74, 6) is -3.52. The molecule has 3 aromatic carbocycles. The smallest absolute Gasteiger partial charge is 0.137 e. The molecule has 0 saturated carbocycles. The molecular weight excluding hydrogens is 1040 g/mol. The van der Waals surface area contributed by atoms with Gasteiger partial charge in [-0.1, -0.05) is 20.8 Å². The van der Waals surface area contributed by atoms with E-state index in [2.05, 4.69) is 112 Å². The summed E-state index contributed by atoms with van der Waals surface area (Å²) >= 11 is 4.57. The van der Waals surface area contributed by atoms with E-state index in [-0.39, 0.29) is 30.9 Å². The predicted molar refractivity (Wildman–Crippen MR) is 303 cm³/mol. The average Bonchev–Trinajstić information content (AvgIpc) is 3.37. The van der Waals surface area contributed by atoms with E-state index in [0.717, 1.165) is 44.7 Å². The molecule has 0 unspecified atom stereocenters. The van der Waals surface area contributed by atoms with Crippen LogP contribution in [0.5, 0.6) is 0 Å². The van der Waals surface area contributed by atoms with Gasteiger partial charge in [-0.05, 0) is 80.9 Å². The van der Waals surface area contributed by atoms with Gasteiger partial charge in [0.2, 0.25) is 0 Å². The average molecular weight is 1130 g/mol. The number of hydrogen-bond acceptors (Lipinski definition) is 13. The number of rotatable bonds is 18. The largest absolute Gasteiger partial charge is 0.382 e. The number of alkyl carbamates (subject to hydrolysis) is 1. The predicted octanol–water partition coefficient (Wildman–Crippen LogP) is 8.46. The molecule has 1 amide bonds. The second-order valence-electron chi connectivity index (χ2n) is 22.5. The normalized spacial score (nSPS) is 32.2. The minimum atomic E-state index is -2.98. The molecule has 2 aliphatic heterocycles. The first kappa shape index (κ1) is 62.3. The molecule has 4 N–H and O–H groups in total. The van der Waals surface area contributed by atoms with Gasteiger partial charge in [0, 0.05) is 25.4 Å². The van der Waals surface area contributed by atoms with E-state index >= 15 is 0 Å². The van der Waals surface area contributed by atoms with E-state index in [1.54, 1.807) is 20.8 Å². The fourth-order valence-electron chi connectivity index (χ4n) is 11.9. The van der Waals surface area contributed by atoms with E-state index in [4.69, 9.17) is 23.7 Å². The van der Waals surface area contributed by atoms with Gasteiger partial charge in [-0.3, -0.25) is 14.5 Å². The summed E-state index contributed by atoms with van der Waals surface area (Å²) in [7, 11) is 5.64. The quantitative estimate of drug-likeness (QED) is 0.0414. The van der Waals surface area contributed by atoms with Crippen LogP contribution in [0.2, 0.25) is 0 Å². The van der Waals surface area contributed by atoms with E-state index < -0.39 is 89.2 Å². The van der Waals surface area contributed by atoms with Crippen molar-refractivity contribution < 1.29 is 53.4 Å². The molecule has 0 aromatic heterocycles. The fraction of sp³-hybridized carbons (Fsp3) is 0.644. The molecule has 0 bridgehead atoms. The van der Waals surface area contributed by atoms with Crippen molar-refractivity contribution in [1.82, 2.24) is 15.1 Å². The van der Waals surface area contributed by atoms with Gasteiger partial charge in [0.25, 0.3) is 0 Å². The molecule has 16 heteroatoms. The number of unbranched alkanes of at least 4 members (excludes halogenated alkanes) is 5. The second-order valence-corrected chi connectivity index (χ2v) is 31.6. The van der Waals surface area contributed by atoms with Crippen LogP contribution in [0.25, 0.3) is 0 Å². The first-order chi connectivity index (χ1) is 35.4. The molecule has 0 aliphatic carbocycles. The van der Waals surface area contributed by atoms with Crippen molar-refractivity contribution in [2.45, 2.75) is 186 Å². The molecule has 14 nitrogen and oxygen atoms in total. The molecule has 0 spiro atoms. The Morgan fingerprint density at radius 1 is 0.827 bits per heavy atom. The Balaban J connectivity index is 1.25. The topological polar surface area (TPSA) is 177 Å². The molecule has 2 heterocycles. The standard InChI is InChI=1S/C59H91BrN3O11P/c1-13-50-59(9,69)54(74-57(67)61-35-27-16-14-15-17-28-36-75(60,46-29-21-18-22-30-46,47-31-23-19-24-32-47)48-33-25-20-26-34-48)44(6)63(12)39-40(2)38-58(8,68)53(42(4)51(65)43(5)55(66)72-50)73-56-52(71-45(7)64)49(62(10)11)37-41(3)70-56/h18-26,29-34,40-44,49-54,56,65,68-69H,13-17,27-28,35-39H2,1-12H3,(H,61,67)/t40-,41-,42+,43+,44-,49+,50-,51+,52-,53-,54-,56+,58-,59-/m1/s1. The number of nitrogens with one attached hydrogen (secondary N) is 1. The number of aliphatic hydroxyl groups is 3. The van der Waals surface area contributed by atoms with Gasteiger partial charge in [-0.15, -0.1) is 0 Å². The zero-order chi connectivity index (χ0) is 55.3. The first-order valence-corrected chi connectivity index (χ1v) is 31.8. The van der Waals surface area contributed by atoms with Crippen LogP contribution < -0.4 is 21.2 Å². The number of hydrogen-bond donors (Lipinski definition) is 4. The third-order valence-corrected chi connectivity index (χ3v) is 26.1. The minimum Gasteiger partial charge on any atom is -0.382 e. The molecule has 2 aliphatic rings. The van der Waals surface area contributed by atoms with Crippen LogP contribution in [-0.4, -0.2) is 150 Å². The van der Waals surface area contributed by atoms with Gasteiger partial charge < -0.3 is 39.2 Å².